The number of ether oxygens (including phenoxy) is 1. The third kappa shape index (κ3) is 2.90. The van der Waals surface area contributed by atoms with E-state index in [1.165, 1.54) is 28.4 Å². The van der Waals surface area contributed by atoms with Crippen molar-refractivity contribution >= 4 is 22.6 Å². The zero-order valence-electron chi connectivity index (χ0n) is 12.3. The highest BCUT2D eigenvalue weighted by Crippen LogP contribution is 2.36. The molecule has 0 N–H and O–H groups in total. The molecule has 1 amide bonds. The van der Waals surface area contributed by atoms with Crippen LogP contribution in [0.4, 0.5) is 23.1 Å². The molecule has 1 aliphatic heterocycles. The van der Waals surface area contributed by atoms with Gasteiger partial charge in [0.2, 0.25) is 0 Å². The van der Waals surface area contributed by atoms with E-state index in [4.69, 9.17) is 4.74 Å². The lowest BCUT2D eigenvalue weighted by atomic mass is 10.1. The van der Waals surface area contributed by atoms with Crippen LogP contribution in [0.5, 0.6) is 0 Å². The van der Waals surface area contributed by atoms with Crippen molar-refractivity contribution in [2.24, 2.45) is 0 Å². The Bertz CT molecular complexity index is 738. The summed E-state index contributed by atoms with van der Waals surface area (Å²) in [6.45, 7) is 3.98. The number of amides is 1. The second-order valence-corrected chi connectivity index (χ2v) is 6.63. The molecule has 0 aliphatic carbocycles. The van der Waals surface area contributed by atoms with Crippen LogP contribution < -0.4 is 4.90 Å². The van der Waals surface area contributed by atoms with Crippen LogP contribution in [0.2, 0.25) is 0 Å². The van der Waals surface area contributed by atoms with Crippen LogP contribution in [-0.4, -0.2) is 23.2 Å². The standard InChI is InChI=1S/C15H13F3N2O2S/c1-14(2)8-22-13(21)20(14)12-19-11(7-23-12)9-3-5-10(6-4-9)15(16,17)18/h3-7H,8H2,1-2H3. The molecule has 1 aromatic carbocycles. The van der Waals surface area contributed by atoms with Crippen molar-refractivity contribution in [3.63, 3.8) is 0 Å². The highest BCUT2D eigenvalue weighted by Gasteiger charge is 2.42. The number of hydrogen-bond donors (Lipinski definition) is 0. The number of cyclic esters (lactones) is 1. The molecule has 4 nitrogen and oxygen atoms in total. The molecule has 2 heterocycles. The lowest BCUT2D eigenvalue weighted by Gasteiger charge is -2.24. The Morgan fingerprint density at radius 1 is 1.26 bits per heavy atom. The maximum atomic E-state index is 12.6. The van der Waals surface area contributed by atoms with Gasteiger partial charge in [0, 0.05) is 10.9 Å². The van der Waals surface area contributed by atoms with Gasteiger partial charge in [-0.1, -0.05) is 12.1 Å². The summed E-state index contributed by atoms with van der Waals surface area (Å²) in [5.74, 6) is 0. The Kier molecular flexibility index (Phi) is 3.59. The van der Waals surface area contributed by atoms with Gasteiger partial charge >= 0.3 is 12.3 Å². The van der Waals surface area contributed by atoms with Crippen molar-refractivity contribution in [1.29, 1.82) is 0 Å². The second-order valence-electron chi connectivity index (χ2n) is 5.79. The first kappa shape index (κ1) is 15.8. The molecule has 1 aliphatic rings. The average Bonchev–Trinajstić information content (AvgIpc) is 3.03. The molecule has 8 heteroatoms. The van der Waals surface area contributed by atoms with E-state index in [9.17, 15) is 18.0 Å². The van der Waals surface area contributed by atoms with Crippen molar-refractivity contribution in [3.8, 4) is 11.3 Å². The molecular weight excluding hydrogens is 329 g/mol. The van der Waals surface area contributed by atoms with Crippen LogP contribution in [-0.2, 0) is 10.9 Å². The fraction of sp³-hybridized carbons (Fsp3) is 0.333. The highest BCUT2D eigenvalue weighted by molar-refractivity contribution is 7.14. The Hall–Kier alpha value is -2.09. The first-order chi connectivity index (χ1) is 10.7. The minimum Gasteiger partial charge on any atom is -0.447 e. The minimum atomic E-state index is -4.37. The molecule has 0 saturated carbocycles. The van der Waals surface area contributed by atoms with Crippen LogP contribution in [0.3, 0.4) is 0 Å². The van der Waals surface area contributed by atoms with Crippen LogP contribution >= 0.6 is 11.3 Å². The largest absolute Gasteiger partial charge is 0.447 e. The number of rotatable bonds is 2. The number of carbonyl (C=O) groups is 1. The van der Waals surface area contributed by atoms with Crippen molar-refractivity contribution in [2.75, 3.05) is 11.5 Å². The zero-order valence-corrected chi connectivity index (χ0v) is 13.2. The van der Waals surface area contributed by atoms with Gasteiger partial charge in [0.15, 0.2) is 5.13 Å². The third-order valence-electron chi connectivity index (χ3n) is 3.53. The summed E-state index contributed by atoms with van der Waals surface area (Å²) in [4.78, 5) is 17.7. The van der Waals surface area contributed by atoms with Gasteiger partial charge in [-0.25, -0.2) is 14.7 Å². The minimum absolute atomic E-state index is 0.265. The monoisotopic (exact) mass is 342 g/mol. The number of nitrogens with zero attached hydrogens (tertiary/aromatic N) is 2. The predicted octanol–water partition coefficient (Wildman–Crippen LogP) is 4.56. The number of aromatic nitrogens is 1. The Morgan fingerprint density at radius 2 is 1.91 bits per heavy atom. The molecule has 0 unspecified atom stereocenters. The first-order valence-electron chi connectivity index (χ1n) is 6.79. The molecule has 0 radical (unpaired) electrons. The Labute approximate surface area is 134 Å². The van der Waals surface area contributed by atoms with E-state index in [0.717, 1.165) is 12.1 Å². The van der Waals surface area contributed by atoms with Crippen molar-refractivity contribution in [3.05, 3.63) is 35.2 Å². The summed E-state index contributed by atoms with van der Waals surface area (Å²) in [5, 5.41) is 2.17. The fourth-order valence-corrected chi connectivity index (χ4v) is 3.27. The molecule has 23 heavy (non-hydrogen) atoms. The number of thiazole rings is 1. The number of alkyl halides is 3. The maximum Gasteiger partial charge on any atom is 0.416 e. The molecule has 1 aromatic heterocycles. The first-order valence-corrected chi connectivity index (χ1v) is 7.66. The lowest BCUT2D eigenvalue weighted by Crippen LogP contribution is -2.42. The van der Waals surface area contributed by atoms with Crippen LogP contribution in [0.25, 0.3) is 11.3 Å². The van der Waals surface area contributed by atoms with Gasteiger partial charge in [0.05, 0.1) is 16.8 Å². The number of benzene rings is 1. The highest BCUT2D eigenvalue weighted by atomic mass is 32.1. The number of carbonyl (C=O) groups excluding carboxylic acids is 1. The molecule has 3 rings (SSSR count). The lowest BCUT2D eigenvalue weighted by molar-refractivity contribution is -0.137. The predicted molar refractivity (Wildman–Crippen MR) is 80.5 cm³/mol. The van der Waals surface area contributed by atoms with E-state index in [-0.39, 0.29) is 6.61 Å². The molecule has 0 spiro atoms. The van der Waals surface area contributed by atoms with E-state index in [2.05, 4.69) is 4.98 Å². The number of anilines is 1. The second kappa shape index (κ2) is 5.23. The van der Waals surface area contributed by atoms with E-state index in [0.29, 0.717) is 16.4 Å². The molecule has 122 valence electrons. The molecule has 0 bridgehead atoms. The van der Waals surface area contributed by atoms with Crippen molar-refractivity contribution in [1.82, 2.24) is 4.98 Å². The van der Waals surface area contributed by atoms with Gasteiger partial charge in [0.25, 0.3) is 0 Å². The number of hydrogen-bond acceptors (Lipinski definition) is 4. The Morgan fingerprint density at radius 3 is 2.43 bits per heavy atom. The summed E-state index contributed by atoms with van der Waals surface area (Å²) in [5.41, 5.74) is -0.132. The van der Waals surface area contributed by atoms with Crippen LogP contribution in [0.15, 0.2) is 29.6 Å². The molecule has 1 saturated heterocycles. The van der Waals surface area contributed by atoms with Gasteiger partial charge in [-0.2, -0.15) is 13.2 Å². The molecule has 1 fully saturated rings. The SMILES string of the molecule is CC1(C)COC(=O)N1c1nc(-c2ccc(C(F)(F)F)cc2)cs1. The summed E-state index contributed by atoms with van der Waals surface area (Å²) >= 11 is 1.25. The average molecular weight is 342 g/mol. The maximum absolute atomic E-state index is 12.6. The van der Waals surface area contributed by atoms with Crippen LogP contribution in [0.1, 0.15) is 19.4 Å². The Balaban J connectivity index is 1.89. The summed E-state index contributed by atoms with van der Waals surface area (Å²) < 4.78 is 42.8. The van der Waals surface area contributed by atoms with Gasteiger partial charge in [-0.3, -0.25) is 0 Å². The van der Waals surface area contributed by atoms with E-state index < -0.39 is 23.4 Å². The fourth-order valence-electron chi connectivity index (χ4n) is 2.28. The normalized spacial score (nSPS) is 17.4. The smallest absolute Gasteiger partial charge is 0.416 e. The summed E-state index contributed by atoms with van der Waals surface area (Å²) in [7, 11) is 0. The van der Waals surface area contributed by atoms with Gasteiger partial charge < -0.3 is 4.74 Å². The van der Waals surface area contributed by atoms with Gasteiger partial charge in [-0.05, 0) is 26.0 Å². The van der Waals surface area contributed by atoms with E-state index >= 15 is 0 Å². The van der Waals surface area contributed by atoms with E-state index in [1.807, 2.05) is 13.8 Å². The summed E-state index contributed by atoms with van der Waals surface area (Å²) in [6.07, 6.45) is -4.84. The molecule has 0 atom stereocenters. The van der Waals surface area contributed by atoms with Gasteiger partial charge in [0.1, 0.15) is 6.61 Å². The quantitative estimate of drug-likeness (QED) is 0.803. The molecule has 2 aromatic rings. The number of halogens is 3. The van der Waals surface area contributed by atoms with Crippen molar-refractivity contribution < 1.29 is 22.7 Å². The van der Waals surface area contributed by atoms with Gasteiger partial charge in [-0.15, -0.1) is 11.3 Å². The van der Waals surface area contributed by atoms with E-state index in [1.54, 1.807) is 5.38 Å². The third-order valence-corrected chi connectivity index (χ3v) is 4.35. The zero-order chi connectivity index (χ0) is 16.8. The summed E-state index contributed by atoms with van der Waals surface area (Å²) in [6, 6.07) is 4.77. The van der Waals surface area contributed by atoms with Crippen LogP contribution in [0, 0.1) is 0 Å². The van der Waals surface area contributed by atoms with Crippen molar-refractivity contribution in [2.45, 2.75) is 25.6 Å². The molecular formula is C15H13F3N2O2S. The topological polar surface area (TPSA) is 42.4 Å².